The highest BCUT2D eigenvalue weighted by Gasteiger charge is 2.45. The first kappa shape index (κ1) is 19.6. The molecule has 26 heavy (non-hydrogen) atoms. The van der Waals surface area contributed by atoms with Gasteiger partial charge in [0.2, 0.25) is 11.6 Å². The van der Waals surface area contributed by atoms with Crippen molar-refractivity contribution in [3.8, 4) is 6.07 Å². The average molecular weight is 387 g/mol. The monoisotopic (exact) mass is 387 g/mol. The summed E-state index contributed by atoms with van der Waals surface area (Å²) >= 11 is 0. The molecule has 0 aromatic heterocycles. The second-order valence-corrected chi connectivity index (χ2v) is 5.13. The number of nitriles is 1. The predicted molar refractivity (Wildman–Crippen MR) is 64.5 cm³/mol. The number of hydrogen-bond donors (Lipinski definition) is 0. The van der Waals surface area contributed by atoms with Crippen molar-refractivity contribution in [2.45, 2.75) is 12.3 Å². The number of hydrogen-bond acceptors (Lipinski definition) is 1. The fraction of sp³-hybridized carbons (Fsp3) is 0.133. The molecule has 0 radical (unpaired) electrons. The van der Waals surface area contributed by atoms with E-state index in [1.807, 2.05) is 0 Å². The lowest BCUT2D eigenvalue weighted by atomic mass is 9.76. The average Bonchev–Trinajstić information content (AvgIpc) is 2.61. The minimum Gasteiger partial charge on any atom is -0.203 e. The van der Waals surface area contributed by atoms with E-state index in [9.17, 15) is 43.9 Å². The van der Waals surface area contributed by atoms with Gasteiger partial charge in [-0.15, -0.1) is 0 Å². The van der Waals surface area contributed by atoms with Gasteiger partial charge in [0.1, 0.15) is 5.41 Å². The molecule has 0 bridgehead atoms. The Labute approximate surface area is 138 Å². The van der Waals surface area contributed by atoms with E-state index < -0.39 is 74.7 Å². The molecular formula is C15H3F10N. The Balaban J connectivity index is 3.06. The molecule has 2 aromatic rings. The van der Waals surface area contributed by atoms with Gasteiger partial charge in [0.05, 0.1) is 17.2 Å². The minimum atomic E-state index is -3.45. The predicted octanol–water partition coefficient (Wildman–Crippen LogP) is 4.91. The van der Waals surface area contributed by atoms with Gasteiger partial charge in [-0.3, -0.25) is 0 Å². The molecular weight excluding hydrogens is 384 g/mol. The fourth-order valence-electron chi connectivity index (χ4n) is 2.32. The summed E-state index contributed by atoms with van der Waals surface area (Å²) in [6.07, 6.45) is 0. The van der Waals surface area contributed by atoms with Gasteiger partial charge in [-0.1, -0.05) is 0 Å². The quantitative estimate of drug-likeness (QED) is 0.408. The summed E-state index contributed by atoms with van der Waals surface area (Å²) in [6, 6.07) is 0.851. The van der Waals surface area contributed by atoms with Crippen molar-refractivity contribution >= 4 is 0 Å². The third-order valence-corrected chi connectivity index (χ3v) is 3.64. The van der Waals surface area contributed by atoms with E-state index in [2.05, 4.69) is 0 Å². The summed E-state index contributed by atoms with van der Waals surface area (Å²) in [5.74, 6) is -26.2. The van der Waals surface area contributed by atoms with Crippen LogP contribution < -0.4 is 0 Å². The highest BCUT2D eigenvalue weighted by Crippen LogP contribution is 2.41. The van der Waals surface area contributed by atoms with Crippen LogP contribution in [0.3, 0.4) is 0 Å². The molecule has 2 rings (SSSR count). The van der Waals surface area contributed by atoms with Crippen molar-refractivity contribution in [3.63, 3.8) is 0 Å². The van der Waals surface area contributed by atoms with Gasteiger partial charge in [-0.25, -0.2) is 43.9 Å². The van der Waals surface area contributed by atoms with Crippen LogP contribution in [0, 0.1) is 69.5 Å². The molecule has 0 spiro atoms. The first-order chi connectivity index (χ1) is 11.9. The van der Waals surface area contributed by atoms with Crippen molar-refractivity contribution in [1.82, 2.24) is 0 Å². The van der Waals surface area contributed by atoms with E-state index >= 15 is 0 Å². The Hall–Kier alpha value is -2.77. The molecule has 0 aliphatic rings. The first-order valence-corrected chi connectivity index (χ1v) is 6.36. The van der Waals surface area contributed by atoms with E-state index in [1.165, 1.54) is 0 Å². The molecule has 0 fully saturated rings. The molecule has 0 unspecified atom stereocenters. The summed E-state index contributed by atoms with van der Waals surface area (Å²) in [4.78, 5) is 0. The second-order valence-electron chi connectivity index (χ2n) is 5.13. The van der Waals surface area contributed by atoms with E-state index in [0.717, 1.165) is 6.07 Å². The Bertz CT molecular complexity index is 848. The second kappa shape index (κ2) is 6.19. The lowest BCUT2D eigenvalue weighted by Gasteiger charge is -2.25. The zero-order valence-corrected chi connectivity index (χ0v) is 12.2. The smallest absolute Gasteiger partial charge is 0.200 e. The van der Waals surface area contributed by atoms with Crippen molar-refractivity contribution in [2.24, 2.45) is 0 Å². The van der Waals surface area contributed by atoms with Gasteiger partial charge in [0.15, 0.2) is 46.5 Å². The topological polar surface area (TPSA) is 23.8 Å². The Morgan fingerprint density at radius 1 is 0.500 bits per heavy atom. The van der Waals surface area contributed by atoms with Crippen LogP contribution in [0.4, 0.5) is 43.9 Å². The minimum absolute atomic E-state index is 0.240. The van der Waals surface area contributed by atoms with Crippen molar-refractivity contribution in [2.75, 3.05) is 0 Å². The third kappa shape index (κ3) is 2.40. The van der Waals surface area contributed by atoms with Crippen LogP contribution in [0.1, 0.15) is 18.1 Å². The van der Waals surface area contributed by atoms with E-state index in [-0.39, 0.29) is 6.92 Å². The summed E-state index contributed by atoms with van der Waals surface area (Å²) in [5.41, 5.74) is -7.59. The number of halogens is 10. The molecule has 0 atom stereocenters. The van der Waals surface area contributed by atoms with E-state index in [4.69, 9.17) is 5.26 Å². The largest absolute Gasteiger partial charge is 0.203 e. The first-order valence-electron chi connectivity index (χ1n) is 6.36. The van der Waals surface area contributed by atoms with Gasteiger partial charge in [0.25, 0.3) is 0 Å². The zero-order valence-electron chi connectivity index (χ0n) is 12.2. The maximum atomic E-state index is 13.9. The lowest BCUT2D eigenvalue weighted by molar-refractivity contribution is 0.345. The van der Waals surface area contributed by atoms with Crippen molar-refractivity contribution in [1.29, 1.82) is 5.26 Å². The lowest BCUT2D eigenvalue weighted by Crippen LogP contribution is -2.30. The van der Waals surface area contributed by atoms with Crippen molar-refractivity contribution in [3.05, 3.63) is 69.3 Å². The van der Waals surface area contributed by atoms with Crippen LogP contribution in [0.25, 0.3) is 0 Å². The summed E-state index contributed by atoms with van der Waals surface area (Å²) < 4.78 is 135. The van der Waals surface area contributed by atoms with Gasteiger partial charge in [-0.2, -0.15) is 5.26 Å². The molecule has 0 heterocycles. The molecule has 1 nitrogen and oxygen atoms in total. The van der Waals surface area contributed by atoms with Gasteiger partial charge in [0, 0.05) is 0 Å². The molecule has 0 amide bonds. The number of nitrogens with zero attached hydrogens (tertiary/aromatic N) is 1. The molecule has 138 valence electrons. The molecule has 11 heteroatoms. The van der Waals surface area contributed by atoms with Crippen LogP contribution in [0.15, 0.2) is 0 Å². The SMILES string of the molecule is CC(C#N)(c1c(F)c(F)c(F)c(F)c1F)c1c(F)c(F)c(F)c(F)c1F. The molecule has 0 aliphatic carbocycles. The standard InChI is InChI=1S/C15H3F10N/c1-15(2-26,3-5(16)9(20)13(24)10(21)6(3)17)4-7(18)11(22)14(25)12(23)8(4)19/h1H3. The Morgan fingerprint density at radius 2 is 0.692 bits per heavy atom. The highest BCUT2D eigenvalue weighted by atomic mass is 19.2. The third-order valence-electron chi connectivity index (χ3n) is 3.64. The van der Waals surface area contributed by atoms with Crippen LogP contribution in [0.2, 0.25) is 0 Å². The maximum Gasteiger partial charge on any atom is 0.200 e. The molecule has 0 aliphatic heterocycles. The molecule has 0 saturated carbocycles. The number of rotatable bonds is 2. The fourth-order valence-corrected chi connectivity index (χ4v) is 2.32. The Kier molecular flexibility index (Phi) is 4.66. The van der Waals surface area contributed by atoms with Gasteiger partial charge in [-0.05, 0) is 6.92 Å². The molecule has 0 N–H and O–H groups in total. The van der Waals surface area contributed by atoms with Gasteiger partial charge >= 0.3 is 0 Å². The van der Waals surface area contributed by atoms with Crippen molar-refractivity contribution < 1.29 is 43.9 Å². The van der Waals surface area contributed by atoms with Crippen LogP contribution in [-0.4, -0.2) is 0 Å². The van der Waals surface area contributed by atoms with Crippen LogP contribution >= 0.6 is 0 Å². The Morgan fingerprint density at radius 3 is 0.885 bits per heavy atom. The zero-order chi connectivity index (χ0) is 20.1. The van der Waals surface area contributed by atoms with Gasteiger partial charge < -0.3 is 0 Å². The van der Waals surface area contributed by atoms with E-state index in [0.29, 0.717) is 0 Å². The van der Waals surface area contributed by atoms with Crippen LogP contribution in [-0.2, 0) is 5.41 Å². The summed E-state index contributed by atoms with van der Waals surface area (Å²) in [6.45, 7) is 0.240. The molecule has 2 aromatic carbocycles. The van der Waals surface area contributed by atoms with Crippen LogP contribution in [0.5, 0.6) is 0 Å². The summed E-state index contributed by atoms with van der Waals surface area (Å²) in [7, 11) is 0. The maximum absolute atomic E-state index is 13.9. The summed E-state index contributed by atoms with van der Waals surface area (Å²) in [5, 5.41) is 9.10. The molecule has 0 saturated heterocycles. The normalized spacial score (nSPS) is 11.6. The van der Waals surface area contributed by atoms with E-state index in [1.54, 1.807) is 0 Å². The number of benzene rings is 2. The highest BCUT2D eigenvalue weighted by molar-refractivity contribution is 5.48.